The van der Waals surface area contributed by atoms with Crippen molar-refractivity contribution in [3.05, 3.63) is 83.2 Å². The van der Waals surface area contributed by atoms with E-state index in [9.17, 15) is 14.4 Å². The molecule has 1 atom stereocenters. The molecule has 0 fully saturated rings. The molecule has 2 amide bonds. The molecule has 0 bridgehead atoms. The fraction of sp³-hybridized carbons (Fsp3) is 0.375. The van der Waals surface area contributed by atoms with E-state index in [2.05, 4.69) is 10.3 Å². The highest BCUT2D eigenvalue weighted by molar-refractivity contribution is 6.20. The number of hydrogen-bond donors (Lipinski definition) is 1. The number of furan rings is 1. The maximum Gasteiger partial charge on any atom is 0.261 e. The second-order valence-corrected chi connectivity index (χ2v) is 11.0. The summed E-state index contributed by atoms with van der Waals surface area (Å²) >= 11 is 0. The summed E-state index contributed by atoms with van der Waals surface area (Å²) in [6.07, 6.45) is 8.32. The highest BCUT2D eigenvalue weighted by Gasteiger charge is 2.45. The van der Waals surface area contributed by atoms with Gasteiger partial charge in [0.2, 0.25) is 11.8 Å². The van der Waals surface area contributed by atoms with E-state index in [1.165, 1.54) is 6.26 Å². The lowest BCUT2D eigenvalue weighted by atomic mass is 9.90. The number of rotatable bonds is 11. The van der Waals surface area contributed by atoms with Crippen LogP contribution in [-0.4, -0.2) is 48.1 Å². The molecule has 0 saturated carbocycles. The van der Waals surface area contributed by atoms with Crippen molar-refractivity contribution < 1.29 is 18.7 Å². The largest absolute Gasteiger partial charge is 0.493 e. The second-order valence-electron chi connectivity index (χ2n) is 11.0. The van der Waals surface area contributed by atoms with Crippen LogP contribution in [-0.2, 0) is 16.1 Å². The molecule has 1 unspecified atom stereocenters. The minimum absolute atomic E-state index is 0.00118. The van der Waals surface area contributed by atoms with Crippen LogP contribution in [0.5, 0.6) is 5.75 Å². The number of nitrogens with zero attached hydrogens (tertiary/aromatic N) is 4. The molecule has 1 N–H and O–H groups in total. The molecule has 4 heterocycles. The molecular weight excluding hydrogens is 534 g/mol. The maximum absolute atomic E-state index is 13.1. The van der Waals surface area contributed by atoms with Crippen molar-refractivity contribution in [1.82, 2.24) is 14.9 Å². The van der Waals surface area contributed by atoms with Crippen molar-refractivity contribution in [3.63, 3.8) is 0 Å². The van der Waals surface area contributed by atoms with E-state index in [-0.39, 0.29) is 23.4 Å². The molecule has 3 aromatic heterocycles. The number of aryl methyl sites for hydroxylation is 1. The molecule has 0 aliphatic carbocycles. The van der Waals surface area contributed by atoms with Crippen molar-refractivity contribution in [1.29, 1.82) is 0 Å². The van der Waals surface area contributed by atoms with Crippen molar-refractivity contribution in [2.75, 3.05) is 36.5 Å². The Labute approximate surface area is 244 Å². The van der Waals surface area contributed by atoms with Crippen molar-refractivity contribution >= 4 is 34.2 Å². The molecule has 4 aromatic rings. The number of nitrogens with one attached hydrogen (secondary N) is 1. The van der Waals surface area contributed by atoms with Gasteiger partial charge in [-0.15, -0.1) is 0 Å². The number of fused-ring (bicyclic) bond motifs is 2. The summed E-state index contributed by atoms with van der Waals surface area (Å²) < 4.78 is 13.1. The van der Waals surface area contributed by atoms with Gasteiger partial charge < -0.3 is 28.8 Å². The Kier molecular flexibility index (Phi) is 8.44. The van der Waals surface area contributed by atoms with Crippen molar-refractivity contribution in [2.45, 2.75) is 46.2 Å². The normalized spacial score (nSPS) is 15.5. The van der Waals surface area contributed by atoms with Crippen molar-refractivity contribution in [2.24, 2.45) is 5.41 Å². The Hall–Kier alpha value is -4.44. The van der Waals surface area contributed by atoms with E-state index in [4.69, 9.17) is 9.15 Å². The van der Waals surface area contributed by atoms with Crippen LogP contribution in [0.4, 0.5) is 11.4 Å². The molecule has 42 heavy (non-hydrogen) atoms. The summed E-state index contributed by atoms with van der Waals surface area (Å²) in [6, 6.07) is 13.0. The van der Waals surface area contributed by atoms with E-state index in [1.807, 2.05) is 49.5 Å². The number of anilines is 2. The zero-order valence-corrected chi connectivity index (χ0v) is 24.5. The maximum atomic E-state index is 13.1. The Bertz CT molecular complexity index is 1630. The van der Waals surface area contributed by atoms with E-state index in [0.29, 0.717) is 60.8 Å². The smallest absolute Gasteiger partial charge is 0.261 e. The van der Waals surface area contributed by atoms with E-state index in [1.54, 1.807) is 53.7 Å². The minimum Gasteiger partial charge on any atom is -0.493 e. The summed E-state index contributed by atoms with van der Waals surface area (Å²) in [7, 11) is 1.70. The van der Waals surface area contributed by atoms with Gasteiger partial charge in [-0.1, -0.05) is 6.07 Å². The first-order valence-corrected chi connectivity index (χ1v) is 14.3. The lowest BCUT2D eigenvalue weighted by molar-refractivity contribution is -0.137. The van der Waals surface area contributed by atoms with E-state index in [0.717, 1.165) is 12.0 Å². The third-order valence-electron chi connectivity index (χ3n) is 7.85. The summed E-state index contributed by atoms with van der Waals surface area (Å²) in [5, 5.41) is 4.17. The molecule has 0 radical (unpaired) electrons. The molecule has 220 valence electrons. The third-order valence-corrected chi connectivity index (χ3v) is 7.85. The topological polar surface area (TPSA) is 110 Å². The average molecular weight is 572 g/mol. The average Bonchev–Trinajstić information content (AvgIpc) is 3.48. The zero-order valence-electron chi connectivity index (χ0n) is 24.5. The number of ether oxygens (including phenoxy) is 1. The molecule has 0 saturated heterocycles. The summed E-state index contributed by atoms with van der Waals surface area (Å²) in [5.41, 5.74) is 1.77. The van der Waals surface area contributed by atoms with Crippen LogP contribution in [0.15, 0.2) is 76.5 Å². The minimum atomic E-state index is -1.15. The summed E-state index contributed by atoms with van der Waals surface area (Å²) in [4.78, 5) is 46.5. The van der Waals surface area contributed by atoms with E-state index < -0.39 is 5.41 Å². The number of carbonyl (C=O) groups is 2. The zero-order chi connectivity index (χ0) is 29.9. The van der Waals surface area contributed by atoms with Gasteiger partial charge >= 0.3 is 0 Å². The highest BCUT2D eigenvalue weighted by Crippen LogP contribution is 2.40. The quantitative estimate of drug-likeness (QED) is 0.208. The Balaban J connectivity index is 1.21. The molecule has 5 rings (SSSR count). The van der Waals surface area contributed by atoms with Gasteiger partial charge in [0.15, 0.2) is 0 Å². The SMILES string of the molecule is CCN1C(=O)C(C)(C)C(=O)N(C)c2cc(OCCCNC(CCn3ccc4occc4c3=O)c3cccnc3)ccc21. The summed E-state index contributed by atoms with van der Waals surface area (Å²) in [5.74, 6) is 0.171. The fourth-order valence-corrected chi connectivity index (χ4v) is 5.43. The van der Waals surface area contributed by atoms with Gasteiger partial charge in [-0.2, -0.15) is 0 Å². The lowest BCUT2D eigenvalue weighted by Crippen LogP contribution is -2.47. The number of aromatic nitrogens is 2. The van der Waals surface area contributed by atoms with Crippen LogP contribution in [0, 0.1) is 5.41 Å². The molecule has 1 aliphatic heterocycles. The van der Waals surface area contributed by atoms with Crippen LogP contribution in [0.2, 0.25) is 0 Å². The van der Waals surface area contributed by atoms with Gasteiger partial charge in [0.25, 0.3) is 5.56 Å². The van der Waals surface area contributed by atoms with Crippen LogP contribution in [0.25, 0.3) is 11.0 Å². The van der Waals surface area contributed by atoms with Crippen molar-refractivity contribution in [3.8, 4) is 5.75 Å². The van der Waals surface area contributed by atoms with Gasteiger partial charge in [0.1, 0.15) is 16.7 Å². The van der Waals surface area contributed by atoms with E-state index >= 15 is 0 Å². The standard InChI is InChI=1S/C32H37N5O5/c1-5-37-26-10-9-23(20-27(26)35(4)30(39)32(2,3)31(37)40)41-18-7-15-34-25(22-8-6-14-33-21-22)11-16-36-17-12-28-24(29(36)38)13-19-42-28/h6,8-10,12-14,17,19-21,25,34H,5,7,11,15-16,18H2,1-4H3. The third kappa shape index (κ3) is 5.67. The first-order valence-electron chi connectivity index (χ1n) is 14.3. The molecule has 10 nitrogen and oxygen atoms in total. The monoisotopic (exact) mass is 571 g/mol. The Morgan fingerprint density at radius 2 is 1.90 bits per heavy atom. The predicted octanol–water partition coefficient (Wildman–Crippen LogP) is 4.54. The number of benzene rings is 1. The van der Waals surface area contributed by atoms with Crippen LogP contribution in [0.3, 0.4) is 0 Å². The predicted molar refractivity (Wildman–Crippen MR) is 162 cm³/mol. The highest BCUT2D eigenvalue weighted by atomic mass is 16.5. The molecule has 0 spiro atoms. The summed E-state index contributed by atoms with van der Waals surface area (Å²) in [6.45, 7) is 7.39. The van der Waals surface area contributed by atoms with Crippen LogP contribution >= 0.6 is 0 Å². The van der Waals surface area contributed by atoms with Gasteiger partial charge in [-0.05, 0) is 76.1 Å². The fourth-order valence-electron chi connectivity index (χ4n) is 5.43. The molecule has 1 aliphatic rings. The molecular formula is C32H37N5O5. The van der Waals surface area contributed by atoms with Gasteiger partial charge in [-0.3, -0.25) is 19.4 Å². The number of hydrogen-bond acceptors (Lipinski definition) is 7. The van der Waals surface area contributed by atoms with Crippen LogP contribution < -0.4 is 25.4 Å². The Morgan fingerprint density at radius 1 is 1.07 bits per heavy atom. The second kappa shape index (κ2) is 12.2. The number of carbonyl (C=O) groups excluding carboxylic acids is 2. The lowest BCUT2D eigenvalue weighted by Gasteiger charge is -2.27. The van der Waals surface area contributed by atoms with Crippen LogP contribution in [0.1, 0.15) is 45.2 Å². The first kappa shape index (κ1) is 29.1. The number of pyridine rings is 2. The van der Waals surface area contributed by atoms with Gasteiger partial charge in [-0.25, -0.2) is 0 Å². The Morgan fingerprint density at radius 3 is 2.67 bits per heavy atom. The molecule has 1 aromatic carbocycles. The number of amides is 2. The molecule has 10 heteroatoms. The first-order chi connectivity index (χ1) is 20.2. The van der Waals surface area contributed by atoms with Gasteiger partial charge in [0.05, 0.1) is 29.6 Å². The van der Waals surface area contributed by atoms with Gasteiger partial charge in [0, 0.05) is 50.8 Å².